The number of carbonyl (C=O) groups is 2. The van der Waals surface area contributed by atoms with Gasteiger partial charge in [0.1, 0.15) is 6.04 Å². The number of rotatable bonds is 6. The molecule has 3 rings (SSSR count). The summed E-state index contributed by atoms with van der Waals surface area (Å²) in [4.78, 5) is 24.1. The number of hydrogen-bond donors (Lipinski definition) is 3. The van der Waals surface area contributed by atoms with E-state index >= 15 is 0 Å². The van der Waals surface area contributed by atoms with Gasteiger partial charge in [-0.15, -0.1) is 0 Å². The van der Waals surface area contributed by atoms with Gasteiger partial charge in [0.25, 0.3) is 0 Å². The van der Waals surface area contributed by atoms with Gasteiger partial charge in [0, 0.05) is 12.2 Å². The van der Waals surface area contributed by atoms with Gasteiger partial charge in [0.2, 0.25) is 15.9 Å². The first kappa shape index (κ1) is 21.8. The predicted molar refractivity (Wildman–Crippen MR) is 114 cm³/mol. The molecule has 1 fully saturated rings. The lowest BCUT2D eigenvalue weighted by atomic mass is 10.0. The lowest BCUT2D eigenvalue weighted by Crippen LogP contribution is -2.52. The summed E-state index contributed by atoms with van der Waals surface area (Å²) in [5.74, 6) is -0.318. The van der Waals surface area contributed by atoms with Crippen LogP contribution in [0.2, 0.25) is 0 Å². The zero-order valence-corrected chi connectivity index (χ0v) is 17.6. The fourth-order valence-electron chi connectivity index (χ4n) is 3.57. The van der Waals surface area contributed by atoms with Crippen LogP contribution < -0.4 is 16.4 Å². The highest BCUT2D eigenvalue weighted by atomic mass is 32.2. The number of anilines is 1. The molecule has 2 aromatic rings. The maximum Gasteiger partial charge on any atom is 0.316 e. The first-order valence-corrected chi connectivity index (χ1v) is 11.3. The highest BCUT2D eigenvalue weighted by Gasteiger charge is 2.37. The largest absolute Gasteiger partial charge is 0.351 e. The molecule has 8 nitrogen and oxygen atoms in total. The van der Waals surface area contributed by atoms with E-state index in [-0.39, 0.29) is 16.8 Å². The molecule has 1 heterocycles. The quantitative estimate of drug-likeness (QED) is 0.652. The predicted octanol–water partition coefficient (Wildman–Crippen LogP) is 2.60. The van der Waals surface area contributed by atoms with Crippen molar-refractivity contribution >= 4 is 27.6 Å². The van der Waals surface area contributed by atoms with E-state index in [1.54, 1.807) is 54.6 Å². The molecule has 2 atom stereocenters. The number of carbonyl (C=O) groups excluding carboxylic acids is 2. The standard InChI is InChI=1S/C21H26N4O4S/c1-15(16-10-12-17(13-11-16)24-21(22)27)23-20(26)19-9-5-6-14-25(19)30(28,29)18-7-3-2-4-8-18/h2-4,7-8,10-13,15,19H,5-6,9,14H2,1H3,(H,23,26)(H3,22,24,27). The minimum Gasteiger partial charge on any atom is -0.351 e. The molecule has 30 heavy (non-hydrogen) atoms. The number of primary amides is 1. The van der Waals surface area contributed by atoms with E-state index in [2.05, 4.69) is 10.6 Å². The van der Waals surface area contributed by atoms with Gasteiger partial charge in [-0.2, -0.15) is 4.31 Å². The lowest BCUT2D eigenvalue weighted by Gasteiger charge is -2.34. The molecular weight excluding hydrogens is 404 g/mol. The Morgan fingerprint density at radius 1 is 1.07 bits per heavy atom. The van der Waals surface area contributed by atoms with Gasteiger partial charge in [-0.05, 0) is 49.6 Å². The van der Waals surface area contributed by atoms with Crippen LogP contribution >= 0.6 is 0 Å². The molecule has 0 aromatic heterocycles. The number of nitrogens with two attached hydrogens (primary N) is 1. The van der Waals surface area contributed by atoms with Crippen molar-refractivity contribution in [2.75, 3.05) is 11.9 Å². The molecule has 1 saturated heterocycles. The van der Waals surface area contributed by atoms with Gasteiger partial charge in [0.05, 0.1) is 10.9 Å². The number of benzene rings is 2. The van der Waals surface area contributed by atoms with E-state index in [0.717, 1.165) is 18.4 Å². The SMILES string of the molecule is CC(NC(=O)C1CCCCN1S(=O)(=O)c1ccccc1)c1ccc(NC(N)=O)cc1. The summed E-state index contributed by atoms with van der Waals surface area (Å²) in [6, 6.07) is 13.4. The molecule has 9 heteroatoms. The third-order valence-corrected chi connectivity index (χ3v) is 7.07. The zero-order valence-electron chi connectivity index (χ0n) is 16.7. The molecule has 2 unspecified atom stereocenters. The van der Waals surface area contributed by atoms with Crippen molar-refractivity contribution in [3.8, 4) is 0 Å². The van der Waals surface area contributed by atoms with E-state index in [9.17, 15) is 18.0 Å². The summed E-state index contributed by atoms with van der Waals surface area (Å²) in [6.07, 6.45) is 1.99. The monoisotopic (exact) mass is 430 g/mol. The number of amides is 3. The average molecular weight is 431 g/mol. The Kier molecular flexibility index (Phi) is 6.73. The normalized spacial score (nSPS) is 18.4. The Balaban J connectivity index is 1.73. The van der Waals surface area contributed by atoms with Crippen LogP contribution in [-0.4, -0.2) is 37.2 Å². The minimum absolute atomic E-state index is 0.190. The van der Waals surface area contributed by atoms with E-state index in [1.165, 1.54) is 4.31 Å². The molecule has 0 bridgehead atoms. The van der Waals surface area contributed by atoms with Crippen LogP contribution in [0.15, 0.2) is 59.5 Å². The lowest BCUT2D eigenvalue weighted by molar-refractivity contribution is -0.126. The fraction of sp³-hybridized carbons (Fsp3) is 0.333. The van der Waals surface area contributed by atoms with Crippen molar-refractivity contribution in [2.24, 2.45) is 5.73 Å². The third kappa shape index (κ3) is 4.98. The fourth-order valence-corrected chi connectivity index (χ4v) is 5.25. The molecule has 4 N–H and O–H groups in total. The van der Waals surface area contributed by atoms with Crippen LogP contribution in [0.4, 0.5) is 10.5 Å². The molecule has 2 aromatic carbocycles. The van der Waals surface area contributed by atoms with Crippen LogP contribution in [0.5, 0.6) is 0 Å². The smallest absolute Gasteiger partial charge is 0.316 e. The van der Waals surface area contributed by atoms with Crippen molar-refractivity contribution in [3.63, 3.8) is 0 Å². The highest BCUT2D eigenvalue weighted by Crippen LogP contribution is 2.26. The van der Waals surface area contributed by atoms with Crippen LogP contribution in [-0.2, 0) is 14.8 Å². The van der Waals surface area contributed by atoms with E-state index in [1.807, 2.05) is 6.92 Å². The Morgan fingerprint density at radius 3 is 2.37 bits per heavy atom. The summed E-state index contributed by atoms with van der Waals surface area (Å²) < 4.78 is 27.5. The van der Waals surface area contributed by atoms with Gasteiger partial charge in [0.15, 0.2) is 0 Å². The number of nitrogens with zero attached hydrogens (tertiary/aromatic N) is 1. The molecule has 1 aliphatic heterocycles. The summed E-state index contributed by atoms with van der Waals surface area (Å²) in [7, 11) is -3.75. The van der Waals surface area contributed by atoms with Crippen molar-refractivity contribution in [3.05, 3.63) is 60.2 Å². The van der Waals surface area contributed by atoms with Crippen LogP contribution in [0.25, 0.3) is 0 Å². The summed E-state index contributed by atoms with van der Waals surface area (Å²) in [5, 5.41) is 5.40. The molecule has 160 valence electrons. The molecule has 3 amide bonds. The Morgan fingerprint density at radius 2 is 1.73 bits per heavy atom. The maximum absolute atomic E-state index is 13.1. The van der Waals surface area contributed by atoms with Crippen molar-refractivity contribution < 1.29 is 18.0 Å². The molecule has 1 aliphatic rings. The van der Waals surface area contributed by atoms with Crippen LogP contribution in [0.1, 0.15) is 37.8 Å². The van der Waals surface area contributed by atoms with Crippen molar-refractivity contribution in [2.45, 2.75) is 43.2 Å². The zero-order chi connectivity index (χ0) is 21.7. The minimum atomic E-state index is -3.75. The molecule has 0 radical (unpaired) electrons. The highest BCUT2D eigenvalue weighted by molar-refractivity contribution is 7.89. The first-order chi connectivity index (χ1) is 14.3. The number of piperidine rings is 1. The van der Waals surface area contributed by atoms with E-state index in [4.69, 9.17) is 5.73 Å². The van der Waals surface area contributed by atoms with Crippen molar-refractivity contribution in [1.29, 1.82) is 0 Å². The Hall–Kier alpha value is -2.91. The third-order valence-electron chi connectivity index (χ3n) is 5.14. The number of hydrogen-bond acceptors (Lipinski definition) is 4. The van der Waals surface area contributed by atoms with Crippen molar-refractivity contribution in [1.82, 2.24) is 9.62 Å². The molecule has 0 saturated carbocycles. The second kappa shape index (κ2) is 9.27. The Labute approximate surface area is 176 Å². The van der Waals surface area contributed by atoms with Gasteiger partial charge in [-0.1, -0.05) is 36.8 Å². The van der Waals surface area contributed by atoms with E-state index in [0.29, 0.717) is 18.7 Å². The summed E-state index contributed by atoms with van der Waals surface area (Å²) in [6.45, 7) is 2.14. The maximum atomic E-state index is 13.1. The second-order valence-corrected chi connectivity index (χ2v) is 9.17. The van der Waals surface area contributed by atoms with Gasteiger partial charge >= 0.3 is 6.03 Å². The van der Waals surface area contributed by atoms with Gasteiger partial charge in [-0.25, -0.2) is 13.2 Å². The second-order valence-electron chi connectivity index (χ2n) is 7.28. The van der Waals surface area contributed by atoms with E-state index < -0.39 is 22.1 Å². The molecule has 0 spiro atoms. The average Bonchev–Trinajstić information content (AvgIpc) is 2.74. The number of nitrogens with one attached hydrogen (secondary N) is 2. The molecule has 0 aliphatic carbocycles. The van der Waals surface area contributed by atoms with Crippen LogP contribution in [0.3, 0.4) is 0 Å². The number of sulfonamides is 1. The van der Waals surface area contributed by atoms with Gasteiger partial charge < -0.3 is 16.4 Å². The van der Waals surface area contributed by atoms with Gasteiger partial charge in [-0.3, -0.25) is 4.79 Å². The number of urea groups is 1. The summed E-state index contributed by atoms with van der Waals surface area (Å²) >= 11 is 0. The van der Waals surface area contributed by atoms with Crippen LogP contribution in [0, 0.1) is 0 Å². The summed E-state index contributed by atoms with van der Waals surface area (Å²) in [5.41, 5.74) is 6.48. The topological polar surface area (TPSA) is 122 Å². The first-order valence-electron chi connectivity index (χ1n) is 9.83. The molecular formula is C21H26N4O4S. The Bertz CT molecular complexity index is 993.